The lowest BCUT2D eigenvalue weighted by Gasteiger charge is -2.30. The Morgan fingerprint density at radius 3 is 3.05 bits per heavy atom. The van der Waals surface area contributed by atoms with Gasteiger partial charge >= 0.3 is 0 Å². The van der Waals surface area contributed by atoms with Gasteiger partial charge in [0.1, 0.15) is 11.4 Å². The van der Waals surface area contributed by atoms with Crippen LogP contribution >= 0.6 is 0 Å². The van der Waals surface area contributed by atoms with Crippen LogP contribution in [-0.2, 0) is 4.74 Å². The predicted octanol–water partition coefficient (Wildman–Crippen LogP) is 1.12. The summed E-state index contributed by atoms with van der Waals surface area (Å²) in [4.78, 5) is 13.7. The van der Waals surface area contributed by atoms with Gasteiger partial charge in [0.25, 0.3) is 5.91 Å². The summed E-state index contributed by atoms with van der Waals surface area (Å²) >= 11 is 0. The van der Waals surface area contributed by atoms with E-state index in [1.54, 1.807) is 25.2 Å². The first kappa shape index (κ1) is 12.5. The van der Waals surface area contributed by atoms with E-state index in [0.29, 0.717) is 5.56 Å². The molecule has 2 unspecified atom stereocenters. The quantitative estimate of drug-likeness (QED) is 0.869. The minimum Gasteiger partial charge on any atom is -0.376 e. The zero-order chi connectivity index (χ0) is 13.4. The highest BCUT2D eigenvalue weighted by Gasteiger charge is 2.33. The van der Waals surface area contributed by atoms with Crippen LogP contribution in [0.3, 0.4) is 0 Å². The molecule has 0 aromatic carbocycles. The first-order valence-electron chi connectivity index (χ1n) is 6.83. The van der Waals surface area contributed by atoms with Crippen molar-refractivity contribution in [3.8, 4) is 0 Å². The molecule has 1 fully saturated rings. The standard InChI is InChI=1S/C13H20N4O2/c1-16(2)13(18)9-8-15-17-10(5-6-14-12(9)17)11-4-3-7-19-11/h8,10-11,14H,3-7H2,1-2H3. The van der Waals surface area contributed by atoms with Gasteiger partial charge in [0.05, 0.1) is 18.3 Å². The zero-order valence-corrected chi connectivity index (χ0v) is 11.4. The van der Waals surface area contributed by atoms with Gasteiger partial charge in [-0.15, -0.1) is 0 Å². The van der Waals surface area contributed by atoms with Crippen molar-refractivity contribution in [2.75, 3.05) is 32.6 Å². The smallest absolute Gasteiger partial charge is 0.258 e. The van der Waals surface area contributed by atoms with Gasteiger partial charge in [0, 0.05) is 27.2 Å². The van der Waals surface area contributed by atoms with Gasteiger partial charge in [-0.25, -0.2) is 4.68 Å². The van der Waals surface area contributed by atoms with E-state index in [1.807, 2.05) is 4.68 Å². The van der Waals surface area contributed by atoms with Crippen LogP contribution in [0.25, 0.3) is 0 Å². The second kappa shape index (κ2) is 4.85. The molecule has 1 aromatic heterocycles. The SMILES string of the molecule is CN(C)C(=O)c1cnn2c1NCCC2C1CCCO1. The Morgan fingerprint density at radius 2 is 2.37 bits per heavy atom. The number of aromatic nitrogens is 2. The molecule has 0 aliphatic carbocycles. The van der Waals surface area contributed by atoms with Crippen molar-refractivity contribution >= 4 is 11.7 Å². The maximum absolute atomic E-state index is 12.1. The maximum atomic E-state index is 12.1. The number of nitrogens with one attached hydrogen (secondary N) is 1. The fraction of sp³-hybridized carbons (Fsp3) is 0.692. The van der Waals surface area contributed by atoms with E-state index in [1.165, 1.54) is 0 Å². The van der Waals surface area contributed by atoms with E-state index in [-0.39, 0.29) is 18.1 Å². The molecule has 1 amide bonds. The van der Waals surface area contributed by atoms with E-state index in [0.717, 1.165) is 38.2 Å². The van der Waals surface area contributed by atoms with Crippen LogP contribution in [0.1, 0.15) is 35.7 Å². The highest BCUT2D eigenvalue weighted by atomic mass is 16.5. The van der Waals surface area contributed by atoms with Gasteiger partial charge in [-0.1, -0.05) is 0 Å². The molecule has 1 saturated heterocycles. The summed E-state index contributed by atoms with van der Waals surface area (Å²) < 4.78 is 7.72. The first-order valence-corrected chi connectivity index (χ1v) is 6.83. The van der Waals surface area contributed by atoms with Crippen molar-refractivity contribution in [3.05, 3.63) is 11.8 Å². The Bertz CT molecular complexity index is 477. The number of anilines is 1. The van der Waals surface area contributed by atoms with Crippen molar-refractivity contribution in [1.82, 2.24) is 14.7 Å². The summed E-state index contributed by atoms with van der Waals surface area (Å²) in [7, 11) is 3.51. The monoisotopic (exact) mass is 264 g/mol. The largest absolute Gasteiger partial charge is 0.376 e. The molecule has 19 heavy (non-hydrogen) atoms. The van der Waals surface area contributed by atoms with Crippen molar-refractivity contribution in [2.24, 2.45) is 0 Å². The summed E-state index contributed by atoms with van der Waals surface area (Å²) in [6, 6.07) is 0.252. The van der Waals surface area contributed by atoms with Crippen LogP contribution in [0.2, 0.25) is 0 Å². The van der Waals surface area contributed by atoms with Crippen LogP contribution in [0.15, 0.2) is 6.20 Å². The molecule has 6 heteroatoms. The Balaban J connectivity index is 1.91. The van der Waals surface area contributed by atoms with Crippen LogP contribution in [0.4, 0.5) is 5.82 Å². The second-order valence-electron chi connectivity index (χ2n) is 5.39. The molecule has 6 nitrogen and oxygen atoms in total. The van der Waals surface area contributed by atoms with E-state index in [4.69, 9.17) is 4.74 Å². The second-order valence-corrected chi connectivity index (χ2v) is 5.39. The van der Waals surface area contributed by atoms with Gasteiger partial charge in [-0.3, -0.25) is 4.79 Å². The number of hydrogen-bond donors (Lipinski definition) is 1. The van der Waals surface area contributed by atoms with Gasteiger partial charge < -0.3 is 15.0 Å². The number of carbonyl (C=O) groups is 1. The van der Waals surface area contributed by atoms with Crippen LogP contribution in [-0.4, -0.2) is 53.9 Å². The number of carbonyl (C=O) groups excluding carboxylic acids is 1. The fourth-order valence-corrected chi connectivity index (χ4v) is 2.90. The summed E-state index contributed by atoms with van der Waals surface area (Å²) in [5, 5.41) is 7.71. The number of rotatable bonds is 2. The average molecular weight is 264 g/mol. The van der Waals surface area contributed by atoms with Gasteiger partial charge in [0.15, 0.2) is 0 Å². The molecule has 2 atom stereocenters. The number of hydrogen-bond acceptors (Lipinski definition) is 4. The lowest BCUT2D eigenvalue weighted by molar-refractivity contribution is 0.0590. The van der Waals surface area contributed by atoms with Crippen molar-refractivity contribution in [2.45, 2.75) is 31.4 Å². The third kappa shape index (κ3) is 2.10. The Morgan fingerprint density at radius 1 is 1.53 bits per heavy atom. The minimum absolute atomic E-state index is 0.0123. The fourth-order valence-electron chi connectivity index (χ4n) is 2.90. The van der Waals surface area contributed by atoms with E-state index < -0.39 is 0 Å². The van der Waals surface area contributed by atoms with Gasteiger partial charge in [0.2, 0.25) is 0 Å². The molecule has 2 aliphatic rings. The van der Waals surface area contributed by atoms with Gasteiger partial charge in [-0.2, -0.15) is 5.10 Å². The highest BCUT2D eigenvalue weighted by Crippen LogP contribution is 2.33. The molecule has 0 bridgehead atoms. The first-order chi connectivity index (χ1) is 9.18. The number of fused-ring (bicyclic) bond motifs is 1. The summed E-state index contributed by atoms with van der Waals surface area (Å²) in [6.07, 6.45) is 5.10. The lowest BCUT2D eigenvalue weighted by atomic mass is 10.0. The minimum atomic E-state index is -0.0123. The van der Waals surface area contributed by atoms with Gasteiger partial charge in [-0.05, 0) is 19.3 Å². The van der Waals surface area contributed by atoms with E-state index in [2.05, 4.69) is 10.4 Å². The maximum Gasteiger partial charge on any atom is 0.258 e. The lowest BCUT2D eigenvalue weighted by Crippen LogP contribution is -2.33. The molecule has 104 valence electrons. The third-order valence-corrected chi connectivity index (χ3v) is 3.87. The van der Waals surface area contributed by atoms with Crippen LogP contribution in [0.5, 0.6) is 0 Å². The molecule has 3 rings (SSSR count). The normalized spacial score (nSPS) is 25.8. The molecular formula is C13H20N4O2. The van der Waals surface area contributed by atoms with E-state index in [9.17, 15) is 4.79 Å². The molecule has 0 saturated carbocycles. The van der Waals surface area contributed by atoms with Crippen molar-refractivity contribution < 1.29 is 9.53 Å². The molecule has 3 heterocycles. The zero-order valence-electron chi connectivity index (χ0n) is 11.4. The summed E-state index contributed by atoms with van der Waals surface area (Å²) in [5.74, 6) is 0.826. The number of nitrogens with zero attached hydrogens (tertiary/aromatic N) is 3. The predicted molar refractivity (Wildman–Crippen MR) is 71.4 cm³/mol. The van der Waals surface area contributed by atoms with Crippen LogP contribution < -0.4 is 5.32 Å². The molecule has 0 spiro atoms. The van der Waals surface area contributed by atoms with Crippen molar-refractivity contribution in [3.63, 3.8) is 0 Å². The Hall–Kier alpha value is -1.56. The van der Waals surface area contributed by atoms with E-state index >= 15 is 0 Å². The summed E-state index contributed by atoms with van der Waals surface area (Å²) in [6.45, 7) is 1.71. The summed E-state index contributed by atoms with van der Waals surface area (Å²) in [5.41, 5.74) is 0.646. The Kier molecular flexibility index (Phi) is 3.18. The third-order valence-electron chi connectivity index (χ3n) is 3.87. The Labute approximate surface area is 112 Å². The molecule has 1 N–H and O–H groups in total. The molecule has 1 aromatic rings. The molecule has 0 radical (unpaired) electrons. The average Bonchev–Trinajstić information content (AvgIpc) is 3.06. The highest BCUT2D eigenvalue weighted by molar-refractivity contribution is 5.98. The van der Waals surface area contributed by atoms with Crippen molar-refractivity contribution in [1.29, 1.82) is 0 Å². The molecular weight excluding hydrogens is 244 g/mol. The van der Waals surface area contributed by atoms with Crippen LogP contribution in [0, 0.1) is 0 Å². The topological polar surface area (TPSA) is 59.4 Å². The number of amides is 1. The number of ether oxygens (including phenoxy) is 1. The molecule has 2 aliphatic heterocycles.